The van der Waals surface area contributed by atoms with Gasteiger partial charge in [-0.2, -0.15) is 0 Å². The number of rotatable bonds is 17. The van der Waals surface area contributed by atoms with E-state index in [0.29, 0.717) is 6.42 Å². The molecule has 0 aromatic heterocycles. The van der Waals surface area contributed by atoms with Crippen LogP contribution in [0.3, 0.4) is 0 Å². The summed E-state index contributed by atoms with van der Waals surface area (Å²) in [7, 11) is 0. The molecule has 0 fully saturated rings. The fourth-order valence-corrected chi connectivity index (χ4v) is 2.62. The number of carboxylic acid groups (broad SMARTS) is 1. The van der Waals surface area contributed by atoms with Gasteiger partial charge in [0.1, 0.15) is 6.54 Å². The quantitative estimate of drug-likeness (QED) is 0.198. The van der Waals surface area contributed by atoms with Crippen LogP contribution in [0.15, 0.2) is 12.2 Å². The Kier molecular flexibility index (Phi) is 22.7. The summed E-state index contributed by atoms with van der Waals surface area (Å²) < 4.78 is 0. The van der Waals surface area contributed by atoms with Crippen molar-refractivity contribution in [3.63, 3.8) is 0 Å². The molecule has 0 saturated heterocycles. The van der Waals surface area contributed by atoms with Crippen LogP contribution < -0.4 is 5.32 Å². The second-order valence-electron chi connectivity index (χ2n) is 6.50. The molecule has 0 saturated carbocycles. The minimum Gasteiger partial charge on any atom is -0.480 e. The third-order valence-electron chi connectivity index (χ3n) is 4.10. The first-order valence-electron chi connectivity index (χ1n) is 9.80. The maximum absolute atomic E-state index is 11.3. The summed E-state index contributed by atoms with van der Waals surface area (Å²) in [6.07, 6.45) is 21.1. The molecule has 25 heavy (non-hydrogen) atoms. The number of amides is 1. The molecule has 0 bridgehead atoms. The third-order valence-corrected chi connectivity index (χ3v) is 4.10. The number of carbonyl (C=O) groups is 2. The number of carbonyl (C=O) groups excluding carboxylic acids is 1. The van der Waals surface area contributed by atoms with Crippen molar-refractivity contribution in [3.8, 4) is 0 Å². The van der Waals surface area contributed by atoms with Crippen LogP contribution in [0.5, 0.6) is 0 Å². The molecule has 0 rings (SSSR count). The van der Waals surface area contributed by atoms with E-state index < -0.39 is 5.97 Å². The summed E-state index contributed by atoms with van der Waals surface area (Å²) in [5.41, 5.74) is 0. The SMILES string of the molecule is CCCCCCCC/C=C\CCCCCCCC(=O)NCC(=O)O.[Zn]. The van der Waals surface area contributed by atoms with E-state index in [0.717, 1.165) is 25.7 Å². The van der Waals surface area contributed by atoms with Crippen LogP contribution in [0.25, 0.3) is 0 Å². The van der Waals surface area contributed by atoms with Crippen LogP contribution in [0.4, 0.5) is 0 Å². The number of unbranched alkanes of at least 4 members (excludes halogenated alkanes) is 11. The minimum absolute atomic E-state index is 0. The first-order valence-corrected chi connectivity index (χ1v) is 9.80. The first-order chi connectivity index (χ1) is 11.7. The van der Waals surface area contributed by atoms with Crippen molar-refractivity contribution in [2.75, 3.05) is 6.54 Å². The summed E-state index contributed by atoms with van der Waals surface area (Å²) in [6, 6.07) is 0. The number of hydrogen-bond donors (Lipinski definition) is 2. The van der Waals surface area contributed by atoms with E-state index in [-0.39, 0.29) is 31.9 Å². The maximum atomic E-state index is 11.3. The molecule has 0 aliphatic rings. The Labute approximate surface area is 167 Å². The van der Waals surface area contributed by atoms with E-state index in [1.807, 2.05) is 0 Å². The van der Waals surface area contributed by atoms with Gasteiger partial charge in [0.15, 0.2) is 0 Å². The minimum atomic E-state index is -0.993. The predicted molar refractivity (Wildman–Crippen MR) is 100 cm³/mol. The van der Waals surface area contributed by atoms with Gasteiger partial charge in [0.05, 0.1) is 0 Å². The summed E-state index contributed by atoms with van der Waals surface area (Å²) in [5, 5.41) is 10.8. The second-order valence-corrected chi connectivity index (χ2v) is 6.50. The topological polar surface area (TPSA) is 66.4 Å². The van der Waals surface area contributed by atoms with E-state index in [1.54, 1.807) is 0 Å². The van der Waals surface area contributed by atoms with Gasteiger partial charge in [0, 0.05) is 25.9 Å². The summed E-state index contributed by atoms with van der Waals surface area (Å²) >= 11 is 0. The molecule has 0 aliphatic carbocycles. The Morgan fingerprint density at radius 3 is 1.80 bits per heavy atom. The predicted octanol–water partition coefficient (Wildman–Crippen LogP) is 5.22. The average Bonchev–Trinajstić information content (AvgIpc) is 2.56. The Balaban J connectivity index is 0. The Morgan fingerprint density at radius 2 is 1.28 bits per heavy atom. The molecule has 0 aromatic rings. The van der Waals surface area contributed by atoms with Gasteiger partial charge >= 0.3 is 5.97 Å². The van der Waals surface area contributed by atoms with Crippen molar-refractivity contribution < 1.29 is 34.2 Å². The average molecular weight is 405 g/mol. The van der Waals surface area contributed by atoms with E-state index in [9.17, 15) is 9.59 Å². The van der Waals surface area contributed by atoms with Crippen LogP contribution in [0.1, 0.15) is 96.8 Å². The smallest absolute Gasteiger partial charge is 0.322 e. The van der Waals surface area contributed by atoms with Gasteiger partial charge in [0.25, 0.3) is 0 Å². The molecule has 1 amide bonds. The van der Waals surface area contributed by atoms with Gasteiger partial charge in [-0.25, -0.2) is 0 Å². The zero-order valence-electron chi connectivity index (χ0n) is 16.2. The Bertz CT molecular complexity index is 346. The zero-order chi connectivity index (χ0) is 17.9. The molecule has 0 radical (unpaired) electrons. The molecule has 142 valence electrons. The van der Waals surface area contributed by atoms with Crippen molar-refractivity contribution in [2.45, 2.75) is 96.8 Å². The van der Waals surface area contributed by atoms with Gasteiger partial charge in [-0.15, -0.1) is 0 Å². The zero-order valence-corrected chi connectivity index (χ0v) is 19.2. The molecule has 0 unspecified atom stereocenters. The fourth-order valence-electron chi connectivity index (χ4n) is 2.62. The third kappa shape index (κ3) is 23.3. The molecule has 0 heterocycles. The molecule has 0 atom stereocenters. The van der Waals surface area contributed by atoms with Gasteiger partial charge in [0.2, 0.25) is 5.91 Å². The number of nitrogens with one attached hydrogen (secondary N) is 1. The van der Waals surface area contributed by atoms with Crippen LogP contribution in [-0.2, 0) is 29.1 Å². The first kappa shape index (κ1) is 26.5. The van der Waals surface area contributed by atoms with E-state index in [2.05, 4.69) is 24.4 Å². The van der Waals surface area contributed by atoms with Gasteiger partial charge in [-0.3, -0.25) is 9.59 Å². The summed E-state index contributed by atoms with van der Waals surface area (Å²) in [4.78, 5) is 21.6. The van der Waals surface area contributed by atoms with Gasteiger partial charge in [-0.1, -0.05) is 70.4 Å². The molecule has 4 nitrogen and oxygen atoms in total. The van der Waals surface area contributed by atoms with Crippen molar-refractivity contribution in [3.05, 3.63) is 12.2 Å². The largest absolute Gasteiger partial charge is 0.480 e. The van der Waals surface area contributed by atoms with Crippen LogP contribution in [0.2, 0.25) is 0 Å². The summed E-state index contributed by atoms with van der Waals surface area (Å²) in [5.74, 6) is -1.15. The molecule has 0 spiro atoms. The molecule has 5 heteroatoms. The van der Waals surface area contributed by atoms with E-state index in [1.165, 1.54) is 57.8 Å². The fraction of sp³-hybridized carbons (Fsp3) is 0.800. The van der Waals surface area contributed by atoms with Crippen molar-refractivity contribution in [1.29, 1.82) is 0 Å². The van der Waals surface area contributed by atoms with Crippen LogP contribution >= 0.6 is 0 Å². The number of carboxylic acids is 1. The van der Waals surface area contributed by atoms with Crippen LogP contribution in [0, 0.1) is 0 Å². The Morgan fingerprint density at radius 1 is 0.800 bits per heavy atom. The molecular weight excluding hydrogens is 368 g/mol. The molecule has 0 aromatic carbocycles. The summed E-state index contributed by atoms with van der Waals surface area (Å²) in [6.45, 7) is 1.98. The van der Waals surface area contributed by atoms with Crippen LogP contribution in [-0.4, -0.2) is 23.5 Å². The van der Waals surface area contributed by atoms with Crippen molar-refractivity contribution >= 4 is 11.9 Å². The molecule has 2 N–H and O–H groups in total. The van der Waals surface area contributed by atoms with Crippen molar-refractivity contribution in [1.82, 2.24) is 5.32 Å². The second kappa shape index (κ2) is 21.3. The Hall–Kier alpha value is -0.697. The number of allylic oxidation sites excluding steroid dienone is 2. The van der Waals surface area contributed by atoms with Gasteiger partial charge in [-0.05, 0) is 32.1 Å². The molecule has 0 aliphatic heterocycles. The van der Waals surface area contributed by atoms with E-state index in [4.69, 9.17) is 5.11 Å². The standard InChI is InChI=1S/C20H37NO3.Zn/c1-2-3-4-5-6-7-8-9-10-11-12-13-14-15-16-17-19(22)21-18-20(23)24;/h9-10H,2-8,11-18H2,1H3,(H,21,22)(H,23,24);/b10-9-;. The number of aliphatic carboxylic acids is 1. The monoisotopic (exact) mass is 403 g/mol. The van der Waals surface area contributed by atoms with Crippen molar-refractivity contribution in [2.24, 2.45) is 0 Å². The molecular formula is C20H37NO3Zn. The van der Waals surface area contributed by atoms with Gasteiger partial charge < -0.3 is 10.4 Å². The normalized spacial score (nSPS) is 10.6. The maximum Gasteiger partial charge on any atom is 0.322 e. The number of hydrogen-bond acceptors (Lipinski definition) is 2. The van der Waals surface area contributed by atoms with E-state index >= 15 is 0 Å².